The van der Waals surface area contributed by atoms with Gasteiger partial charge >= 0.3 is 5.97 Å². The molecule has 0 spiro atoms. The van der Waals surface area contributed by atoms with Crippen molar-refractivity contribution in [3.63, 3.8) is 0 Å². The Morgan fingerprint density at radius 1 is 1.32 bits per heavy atom. The minimum atomic E-state index is -1.02. The number of rotatable bonds is 6. The van der Waals surface area contributed by atoms with Crippen molar-refractivity contribution in [1.82, 2.24) is 0 Å². The van der Waals surface area contributed by atoms with Gasteiger partial charge in [0.2, 0.25) is 5.91 Å². The van der Waals surface area contributed by atoms with E-state index in [1.807, 2.05) is 0 Å². The zero-order chi connectivity index (χ0) is 17.0. The van der Waals surface area contributed by atoms with Crippen LogP contribution >= 0.6 is 0 Å². The van der Waals surface area contributed by atoms with Crippen LogP contribution in [0.4, 0.5) is 11.4 Å². The topological polar surface area (TPSA) is 101 Å². The molecule has 0 aliphatic rings. The summed E-state index contributed by atoms with van der Waals surface area (Å²) < 4.78 is 0. The van der Waals surface area contributed by atoms with Gasteiger partial charge in [0.05, 0.1) is 16.5 Å². The SMILES string of the molecule is Cc1ccc([N+](=O)[O-])cc1N(CC(C)C(=O)O)C(=O)C(C)C. The summed E-state index contributed by atoms with van der Waals surface area (Å²) in [6.45, 7) is 6.59. The average molecular weight is 308 g/mol. The van der Waals surface area contributed by atoms with Gasteiger partial charge in [0.1, 0.15) is 0 Å². The number of hydrogen-bond acceptors (Lipinski definition) is 4. The van der Waals surface area contributed by atoms with Gasteiger partial charge in [-0.1, -0.05) is 26.8 Å². The first-order chi connectivity index (χ1) is 10.1. The number of carbonyl (C=O) groups is 2. The number of benzene rings is 1. The normalized spacial score (nSPS) is 12.0. The number of nitro benzene ring substituents is 1. The third kappa shape index (κ3) is 4.03. The van der Waals surface area contributed by atoms with Crippen LogP contribution in [-0.2, 0) is 9.59 Å². The lowest BCUT2D eigenvalue weighted by atomic mass is 10.1. The number of carboxylic acids is 1. The molecule has 0 aromatic heterocycles. The zero-order valence-corrected chi connectivity index (χ0v) is 13.1. The summed E-state index contributed by atoms with van der Waals surface area (Å²) in [6, 6.07) is 4.22. The second-order valence-electron chi connectivity index (χ2n) is 5.57. The van der Waals surface area contributed by atoms with Gasteiger partial charge in [0.25, 0.3) is 5.69 Å². The lowest BCUT2D eigenvalue weighted by molar-refractivity contribution is -0.384. The van der Waals surface area contributed by atoms with E-state index >= 15 is 0 Å². The lowest BCUT2D eigenvalue weighted by Gasteiger charge is -2.27. The molecule has 0 aliphatic carbocycles. The highest BCUT2D eigenvalue weighted by atomic mass is 16.6. The quantitative estimate of drug-likeness (QED) is 0.643. The summed E-state index contributed by atoms with van der Waals surface area (Å²) in [5.41, 5.74) is 0.920. The van der Waals surface area contributed by atoms with Crippen LogP contribution in [0.1, 0.15) is 26.3 Å². The monoisotopic (exact) mass is 308 g/mol. The fourth-order valence-electron chi connectivity index (χ4n) is 1.97. The molecule has 120 valence electrons. The summed E-state index contributed by atoms with van der Waals surface area (Å²) in [5.74, 6) is -2.41. The van der Waals surface area contributed by atoms with Crippen molar-refractivity contribution in [1.29, 1.82) is 0 Å². The molecule has 0 saturated carbocycles. The molecule has 7 heteroatoms. The van der Waals surface area contributed by atoms with E-state index in [4.69, 9.17) is 5.11 Å². The number of carboxylic acid groups (broad SMARTS) is 1. The highest BCUT2D eigenvalue weighted by Crippen LogP contribution is 2.27. The Bertz CT molecular complexity index is 598. The van der Waals surface area contributed by atoms with E-state index in [-0.39, 0.29) is 24.1 Å². The fraction of sp³-hybridized carbons (Fsp3) is 0.467. The van der Waals surface area contributed by atoms with Crippen LogP contribution in [0, 0.1) is 28.9 Å². The number of nitrogens with zero attached hydrogens (tertiary/aromatic N) is 2. The van der Waals surface area contributed by atoms with Crippen LogP contribution in [0.2, 0.25) is 0 Å². The molecule has 1 aromatic rings. The van der Waals surface area contributed by atoms with Crippen molar-refractivity contribution in [2.45, 2.75) is 27.7 Å². The van der Waals surface area contributed by atoms with E-state index in [2.05, 4.69) is 0 Å². The number of aryl methyl sites for hydroxylation is 1. The molecule has 0 radical (unpaired) electrons. The predicted molar refractivity (Wildman–Crippen MR) is 81.8 cm³/mol. The van der Waals surface area contributed by atoms with E-state index in [0.29, 0.717) is 11.3 Å². The fourth-order valence-corrected chi connectivity index (χ4v) is 1.97. The molecule has 1 N–H and O–H groups in total. The molecule has 1 unspecified atom stereocenters. The zero-order valence-electron chi connectivity index (χ0n) is 13.1. The minimum absolute atomic E-state index is 0.0334. The minimum Gasteiger partial charge on any atom is -0.481 e. The summed E-state index contributed by atoms with van der Waals surface area (Å²) in [7, 11) is 0. The van der Waals surface area contributed by atoms with Crippen LogP contribution in [0.5, 0.6) is 0 Å². The van der Waals surface area contributed by atoms with Gasteiger partial charge in [0.15, 0.2) is 0 Å². The first kappa shape index (κ1) is 17.6. The van der Waals surface area contributed by atoms with Crippen LogP contribution in [-0.4, -0.2) is 28.5 Å². The van der Waals surface area contributed by atoms with Gasteiger partial charge < -0.3 is 10.0 Å². The van der Waals surface area contributed by atoms with Crippen molar-refractivity contribution >= 4 is 23.3 Å². The molecule has 0 aliphatic heterocycles. The highest BCUT2D eigenvalue weighted by Gasteiger charge is 2.26. The molecular weight excluding hydrogens is 288 g/mol. The van der Waals surface area contributed by atoms with Gasteiger partial charge in [-0.2, -0.15) is 0 Å². The van der Waals surface area contributed by atoms with E-state index in [1.54, 1.807) is 26.8 Å². The van der Waals surface area contributed by atoms with Gasteiger partial charge in [-0.15, -0.1) is 0 Å². The van der Waals surface area contributed by atoms with Crippen molar-refractivity contribution in [3.8, 4) is 0 Å². The number of amides is 1. The maximum absolute atomic E-state index is 12.4. The maximum Gasteiger partial charge on any atom is 0.308 e. The van der Waals surface area contributed by atoms with Gasteiger partial charge in [-0.3, -0.25) is 19.7 Å². The molecule has 0 saturated heterocycles. The van der Waals surface area contributed by atoms with Gasteiger partial charge in [-0.25, -0.2) is 0 Å². The molecule has 0 heterocycles. The van der Waals surface area contributed by atoms with E-state index in [9.17, 15) is 19.7 Å². The van der Waals surface area contributed by atoms with Crippen LogP contribution in [0.15, 0.2) is 18.2 Å². The van der Waals surface area contributed by atoms with E-state index in [0.717, 1.165) is 0 Å². The Morgan fingerprint density at radius 2 is 1.91 bits per heavy atom. The second-order valence-corrected chi connectivity index (χ2v) is 5.57. The predicted octanol–water partition coefficient (Wildman–Crippen LogP) is 2.61. The van der Waals surface area contributed by atoms with Gasteiger partial charge in [-0.05, 0) is 12.5 Å². The summed E-state index contributed by atoms with van der Waals surface area (Å²) in [6.07, 6.45) is 0. The van der Waals surface area contributed by atoms with Crippen LogP contribution in [0.3, 0.4) is 0 Å². The first-order valence-corrected chi connectivity index (χ1v) is 6.94. The van der Waals surface area contributed by atoms with Crippen molar-refractivity contribution < 1.29 is 19.6 Å². The Labute approximate surface area is 128 Å². The summed E-state index contributed by atoms with van der Waals surface area (Å²) >= 11 is 0. The Hall–Kier alpha value is -2.44. The van der Waals surface area contributed by atoms with Crippen LogP contribution in [0.25, 0.3) is 0 Å². The third-order valence-electron chi connectivity index (χ3n) is 3.33. The number of nitro groups is 1. The molecule has 0 bridgehead atoms. The standard InChI is InChI=1S/C15H20N2O5/c1-9(2)14(18)16(8-11(4)15(19)20)13-7-12(17(21)22)6-5-10(13)3/h5-7,9,11H,8H2,1-4H3,(H,19,20). The molecule has 1 rings (SSSR count). The summed E-state index contributed by atoms with van der Waals surface area (Å²) in [5, 5.41) is 20.0. The smallest absolute Gasteiger partial charge is 0.308 e. The van der Waals surface area contributed by atoms with E-state index in [1.165, 1.54) is 24.0 Å². The third-order valence-corrected chi connectivity index (χ3v) is 3.33. The van der Waals surface area contributed by atoms with Gasteiger partial charge in [0, 0.05) is 24.6 Å². The Kier molecular flexibility index (Phi) is 5.62. The van der Waals surface area contributed by atoms with Crippen molar-refractivity contribution in [3.05, 3.63) is 33.9 Å². The highest BCUT2D eigenvalue weighted by molar-refractivity contribution is 5.96. The number of non-ortho nitro benzene ring substituents is 1. The molecule has 1 amide bonds. The Balaban J connectivity index is 3.31. The Morgan fingerprint density at radius 3 is 2.36 bits per heavy atom. The number of anilines is 1. The number of carbonyl (C=O) groups excluding carboxylic acids is 1. The lowest BCUT2D eigenvalue weighted by Crippen LogP contribution is -2.39. The molecular formula is C15H20N2O5. The molecule has 1 atom stereocenters. The second kappa shape index (κ2) is 7.02. The average Bonchev–Trinajstić information content (AvgIpc) is 2.44. The number of aliphatic carboxylic acids is 1. The number of hydrogen-bond donors (Lipinski definition) is 1. The largest absolute Gasteiger partial charge is 0.481 e. The molecule has 22 heavy (non-hydrogen) atoms. The molecule has 7 nitrogen and oxygen atoms in total. The van der Waals surface area contributed by atoms with Crippen molar-refractivity contribution in [2.75, 3.05) is 11.4 Å². The van der Waals surface area contributed by atoms with E-state index < -0.39 is 16.8 Å². The van der Waals surface area contributed by atoms with Crippen LogP contribution < -0.4 is 4.90 Å². The summed E-state index contributed by atoms with van der Waals surface area (Å²) in [4.78, 5) is 35.2. The maximum atomic E-state index is 12.4. The first-order valence-electron chi connectivity index (χ1n) is 6.94. The van der Waals surface area contributed by atoms with Crippen molar-refractivity contribution in [2.24, 2.45) is 11.8 Å². The molecule has 0 fully saturated rings. The molecule has 1 aromatic carbocycles.